The summed E-state index contributed by atoms with van der Waals surface area (Å²) in [5.74, 6) is 0. The Morgan fingerprint density at radius 2 is 2.31 bits per heavy atom. The van der Waals surface area contributed by atoms with Gasteiger partial charge in [-0.15, -0.1) is 11.3 Å². The van der Waals surface area contributed by atoms with Gasteiger partial charge in [0.25, 0.3) is 0 Å². The summed E-state index contributed by atoms with van der Waals surface area (Å²) in [7, 11) is 0. The molecule has 3 nitrogen and oxygen atoms in total. The van der Waals surface area contributed by atoms with Crippen LogP contribution in [-0.4, -0.2) is 16.6 Å². The fourth-order valence-corrected chi connectivity index (χ4v) is 1.98. The molecule has 0 bridgehead atoms. The van der Waals surface area contributed by atoms with Crippen LogP contribution in [0.4, 0.5) is 0 Å². The predicted octanol–water partition coefficient (Wildman–Crippen LogP) is 1.47. The average molecular weight is 200 g/mol. The zero-order valence-corrected chi connectivity index (χ0v) is 9.06. The Bertz CT molecular complexity index is 283. The minimum atomic E-state index is -0.510. The molecule has 1 aromatic rings. The first-order chi connectivity index (χ1) is 5.97. The van der Waals surface area contributed by atoms with Crippen molar-refractivity contribution in [2.75, 3.05) is 6.54 Å². The van der Waals surface area contributed by atoms with Gasteiger partial charge in [-0.2, -0.15) is 0 Å². The number of hydrogen-bond acceptors (Lipinski definition) is 4. The number of rotatable bonds is 3. The lowest BCUT2D eigenvalue weighted by molar-refractivity contribution is 0.0584. The smallest absolute Gasteiger partial charge is 0.0960 e. The van der Waals surface area contributed by atoms with Crippen molar-refractivity contribution in [3.63, 3.8) is 0 Å². The molecule has 0 fully saturated rings. The number of hydrogen-bond donors (Lipinski definition) is 2. The monoisotopic (exact) mass is 200 g/mol. The molecule has 0 amide bonds. The lowest BCUT2D eigenvalue weighted by Crippen LogP contribution is -2.30. The maximum absolute atomic E-state index is 9.95. The Morgan fingerprint density at radius 1 is 1.69 bits per heavy atom. The number of aliphatic hydroxyl groups excluding tert-OH is 1. The third kappa shape index (κ3) is 2.27. The summed E-state index contributed by atoms with van der Waals surface area (Å²) in [4.78, 5) is 5.00. The van der Waals surface area contributed by atoms with E-state index >= 15 is 0 Å². The molecule has 0 saturated heterocycles. The van der Waals surface area contributed by atoms with Crippen molar-refractivity contribution in [3.05, 3.63) is 16.1 Å². The largest absolute Gasteiger partial charge is 0.387 e. The molecule has 1 atom stereocenters. The van der Waals surface area contributed by atoms with Gasteiger partial charge in [0.2, 0.25) is 0 Å². The number of nitrogens with two attached hydrogens (primary N) is 1. The third-order valence-corrected chi connectivity index (χ3v) is 3.14. The van der Waals surface area contributed by atoms with Gasteiger partial charge in [0.15, 0.2) is 0 Å². The topological polar surface area (TPSA) is 59.1 Å². The zero-order chi connectivity index (χ0) is 10.1. The fraction of sp³-hybridized carbons (Fsp3) is 0.667. The van der Waals surface area contributed by atoms with Crippen LogP contribution >= 0.6 is 11.3 Å². The van der Waals surface area contributed by atoms with Gasteiger partial charge in [-0.1, -0.05) is 13.8 Å². The number of aromatic nitrogens is 1. The Hall–Kier alpha value is -0.450. The van der Waals surface area contributed by atoms with Crippen LogP contribution in [0.2, 0.25) is 0 Å². The van der Waals surface area contributed by atoms with E-state index in [-0.39, 0.29) is 5.41 Å². The van der Waals surface area contributed by atoms with E-state index in [1.165, 1.54) is 11.3 Å². The first-order valence-corrected chi connectivity index (χ1v) is 5.09. The van der Waals surface area contributed by atoms with E-state index in [4.69, 9.17) is 5.73 Å². The van der Waals surface area contributed by atoms with Crippen molar-refractivity contribution in [3.8, 4) is 0 Å². The Morgan fingerprint density at radius 3 is 2.69 bits per heavy atom. The fourth-order valence-electron chi connectivity index (χ4n) is 1.00. The quantitative estimate of drug-likeness (QED) is 0.776. The van der Waals surface area contributed by atoms with E-state index in [9.17, 15) is 5.11 Å². The summed E-state index contributed by atoms with van der Waals surface area (Å²) >= 11 is 1.52. The molecule has 4 heteroatoms. The summed E-state index contributed by atoms with van der Waals surface area (Å²) < 4.78 is 0. The molecule has 13 heavy (non-hydrogen) atoms. The van der Waals surface area contributed by atoms with E-state index in [1.54, 1.807) is 6.20 Å². The van der Waals surface area contributed by atoms with Crippen LogP contribution in [0.3, 0.4) is 0 Å². The van der Waals surface area contributed by atoms with Crippen molar-refractivity contribution in [2.45, 2.75) is 26.9 Å². The summed E-state index contributed by atoms with van der Waals surface area (Å²) in [5.41, 5.74) is 5.30. The Labute approximate surface area is 82.6 Å². The molecule has 1 heterocycles. The number of aliphatic hydroxyl groups is 1. The van der Waals surface area contributed by atoms with Crippen molar-refractivity contribution < 1.29 is 5.11 Å². The highest BCUT2D eigenvalue weighted by Crippen LogP contribution is 2.34. The maximum Gasteiger partial charge on any atom is 0.0960 e. The first-order valence-electron chi connectivity index (χ1n) is 4.28. The minimum Gasteiger partial charge on any atom is -0.387 e. The molecule has 3 N–H and O–H groups in total. The zero-order valence-electron chi connectivity index (χ0n) is 8.24. The SMILES string of the molecule is Cc1ncc(C(O)C(C)(C)CN)s1. The van der Waals surface area contributed by atoms with Gasteiger partial charge in [0.1, 0.15) is 0 Å². The second kappa shape index (κ2) is 3.74. The van der Waals surface area contributed by atoms with Crippen LogP contribution in [0.1, 0.15) is 29.8 Å². The average Bonchev–Trinajstić information content (AvgIpc) is 2.50. The maximum atomic E-state index is 9.95. The van der Waals surface area contributed by atoms with Crippen molar-refractivity contribution in [2.24, 2.45) is 11.1 Å². The van der Waals surface area contributed by atoms with E-state index in [0.29, 0.717) is 6.54 Å². The molecule has 74 valence electrons. The Kier molecular flexibility index (Phi) is 3.05. The van der Waals surface area contributed by atoms with Crippen LogP contribution in [0.15, 0.2) is 6.20 Å². The number of thiazole rings is 1. The van der Waals surface area contributed by atoms with E-state index in [0.717, 1.165) is 9.88 Å². The van der Waals surface area contributed by atoms with Gasteiger partial charge in [0, 0.05) is 18.2 Å². The normalized spacial score (nSPS) is 14.5. The molecule has 0 aliphatic rings. The molecule has 1 unspecified atom stereocenters. The van der Waals surface area contributed by atoms with Crippen molar-refractivity contribution in [1.82, 2.24) is 4.98 Å². The van der Waals surface area contributed by atoms with Crippen LogP contribution in [0, 0.1) is 12.3 Å². The van der Waals surface area contributed by atoms with Crippen LogP contribution in [-0.2, 0) is 0 Å². The first kappa shape index (κ1) is 10.6. The number of aryl methyl sites for hydroxylation is 1. The van der Waals surface area contributed by atoms with Gasteiger partial charge in [-0.05, 0) is 6.92 Å². The molecule has 0 radical (unpaired) electrons. The standard InChI is InChI=1S/C9H16N2OS/c1-6-11-4-7(13-6)8(12)9(2,3)5-10/h4,8,12H,5,10H2,1-3H3. The summed E-state index contributed by atoms with van der Waals surface area (Å²) in [6, 6.07) is 0. The van der Waals surface area contributed by atoms with Crippen LogP contribution in [0.5, 0.6) is 0 Å². The van der Waals surface area contributed by atoms with E-state index in [2.05, 4.69) is 4.98 Å². The highest BCUT2D eigenvalue weighted by atomic mass is 32.1. The van der Waals surface area contributed by atoms with Gasteiger partial charge in [-0.25, -0.2) is 4.98 Å². The highest BCUT2D eigenvalue weighted by Gasteiger charge is 2.28. The molecular formula is C9H16N2OS. The van der Waals surface area contributed by atoms with Crippen LogP contribution < -0.4 is 5.73 Å². The lowest BCUT2D eigenvalue weighted by atomic mass is 9.86. The molecule has 0 spiro atoms. The lowest BCUT2D eigenvalue weighted by Gasteiger charge is -2.27. The van der Waals surface area contributed by atoms with Crippen molar-refractivity contribution >= 4 is 11.3 Å². The molecule has 0 saturated carbocycles. The molecule has 0 aliphatic heterocycles. The molecule has 1 aromatic heterocycles. The molecule has 1 rings (SSSR count). The third-order valence-electron chi connectivity index (χ3n) is 2.17. The predicted molar refractivity (Wildman–Crippen MR) is 54.6 cm³/mol. The van der Waals surface area contributed by atoms with Crippen molar-refractivity contribution in [1.29, 1.82) is 0 Å². The summed E-state index contributed by atoms with van der Waals surface area (Å²) in [5, 5.41) is 10.9. The van der Waals surface area contributed by atoms with E-state index < -0.39 is 6.10 Å². The van der Waals surface area contributed by atoms with Crippen LogP contribution in [0.25, 0.3) is 0 Å². The molecular weight excluding hydrogens is 184 g/mol. The highest BCUT2D eigenvalue weighted by molar-refractivity contribution is 7.11. The summed E-state index contributed by atoms with van der Waals surface area (Å²) in [6.45, 7) is 6.29. The Balaban J connectivity index is 2.84. The van der Waals surface area contributed by atoms with Gasteiger partial charge in [-0.3, -0.25) is 0 Å². The van der Waals surface area contributed by atoms with Gasteiger partial charge in [0.05, 0.1) is 16.0 Å². The second-order valence-corrected chi connectivity index (χ2v) is 5.14. The van der Waals surface area contributed by atoms with E-state index in [1.807, 2.05) is 20.8 Å². The second-order valence-electron chi connectivity index (χ2n) is 3.88. The molecule has 0 aromatic carbocycles. The molecule has 0 aliphatic carbocycles. The summed E-state index contributed by atoms with van der Waals surface area (Å²) in [6.07, 6.45) is 1.21. The number of nitrogens with zero attached hydrogens (tertiary/aromatic N) is 1. The minimum absolute atomic E-state index is 0.279. The van der Waals surface area contributed by atoms with Gasteiger partial charge < -0.3 is 10.8 Å². The van der Waals surface area contributed by atoms with Gasteiger partial charge >= 0.3 is 0 Å².